The smallest absolute Gasteiger partial charge is 0.167 e. The Morgan fingerprint density at radius 3 is 2.59 bits per heavy atom. The summed E-state index contributed by atoms with van der Waals surface area (Å²) in [5.74, 6) is -0.496. The van der Waals surface area contributed by atoms with E-state index in [2.05, 4.69) is 36.9 Å². The third kappa shape index (κ3) is 3.61. The minimum absolute atomic E-state index is 0.0754. The van der Waals surface area contributed by atoms with E-state index in [4.69, 9.17) is 4.74 Å². The Hall–Kier alpha value is -2.27. The van der Waals surface area contributed by atoms with Gasteiger partial charge in [-0.3, -0.25) is 0 Å². The van der Waals surface area contributed by atoms with Crippen molar-refractivity contribution >= 4 is 21.7 Å². The number of anilines is 1. The zero-order valence-corrected chi connectivity index (χ0v) is 16.0. The number of halogens is 3. The number of ether oxygens (including phenoxy) is 1. The van der Waals surface area contributed by atoms with Crippen LogP contribution >= 0.6 is 15.9 Å². The number of rotatable bonds is 4. The second kappa shape index (κ2) is 7.04. The van der Waals surface area contributed by atoms with Crippen LogP contribution < -0.4 is 9.64 Å². The lowest BCUT2D eigenvalue weighted by molar-refractivity contribution is 0.163. The number of nitrogens with zero attached hydrogens (tertiary/aromatic N) is 4. The first-order valence-electron chi connectivity index (χ1n) is 8.82. The lowest BCUT2D eigenvalue weighted by Crippen LogP contribution is -2.39. The fourth-order valence-corrected chi connectivity index (χ4v) is 3.83. The number of hydrogen-bond donors (Lipinski definition) is 0. The van der Waals surface area contributed by atoms with Gasteiger partial charge in [0.25, 0.3) is 0 Å². The predicted molar refractivity (Wildman–Crippen MR) is 98.5 cm³/mol. The van der Waals surface area contributed by atoms with Crippen LogP contribution in [0.25, 0.3) is 0 Å². The molecule has 1 saturated carbocycles. The fourth-order valence-electron chi connectivity index (χ4n) is 3.29. The summed E-state index contributed by atoms with van der Waals surface area (Å²) < 4.78 is 33.1. The molecule has 2 aromatic rings. The number of benzene rings is 1. The van der Waals surface area contributed by atoms with Gasteiger partial charge >= 0.3 is 0 Å². The molecule has 1 aliphatic carbocycles. The fraction of sp³-hybridized carbons (Fsp3) is 0.421. The van der Waals surface area contributed by atoms with Gasteiger partial charge in [0.15, 0.2) is 17.4 Å². The van der Waals surface area contributed by atoms with Gasteiger partial charge in [0.1, 0.15) is 21.9 Å². The van der Waals surface area contributed by atoms with Crippen LogP contribution in [0.5, 0.6) is 5.75 Å². The molecular formula is C19H17BrF2N4O. The Balaban J connectivity index is 1.40. The highest BCUT2D eigenvalue weighted by Gasteiger charge is 2.47. The molecule has 5 nitrogen and oxygen atoms in total. The van der Waals surface area contributed by atoms with E-state index in [1.807, 2.05) is 0 Å². The maximum absolute atomic E-state index is 13.7. The third-order valence-corrected chi connectivity index (χ3v) is 5.63. The van der Waals surface area contributed by atoms with E-state index in [0.717, 1.165) is 24.7 Å². The van der Waals surface area contributed by atoms with Gasteiger partial charge in [-0.15, -0.1) is 0 Å². The van der Waals surface area contributed by atoms with Crippen molar-refractivity contribution in [2.75, 3.05) is 18.0 Å². The Morgan fingerprint density at radius 2 is 2.00 bits per heavy atom. The van der Waals surface area contributed by atoms with Crippen molar-refractivity contribution in [3.63, 3.8) is 0 Å². The second-order valence-electron chi connectivity index (χ2n) is 6.94. The van der Waals surface area contributed by atoms with Gasteiger partial charge in [-0.1, -0.05) is 0 Å². The maximum Gasteiger partial charge on any atom is 0.167 e. The first-order chi connectivity index (χ1) is 13.0. The molecule has 1 saturated heterocycles. The van der Waals surface area contributed by atoms with Gasteiger partial charge in [0, 0.05) is 32.0 Å². The largest absolute Gasteiger partial charge is 0.487 e. The first kappa shape index (κ1) is 18.1. The standard InChI is InChI=1S/C19H17BrF2N4O/c20-17-18(24-10-16(25-17)19(11-23)5-6-19)26-7-3-13(4-8-26)27-15-2-1-12(21)9-14(15)22/h1-2,9-10,13H,3-8H2. The summed E-state index contributed by atoms with van der Waals surface area (Å²) in [5, 5.41) is 9.30. The summed E-state index contributed by atoms with van der Waals surface area (Å²) in [4.78, 5) is 11.1. The molecule has 1 aromatic carbocycles. The Labute approximate surface area is 164 Å². The summed E-state index contributed by atoms with van der Waals surface area (Å²) in [6.45, 7) is 1.37. The summed E-state index contributed by atoms with van der Waals surface area (Å²) >= 11 is 3.48. The number of piperidine rings is 1. The SMILES string of the molecule is N#CC1(c2cnc(N3CCC(Oc4ccc(F)cc4F)CC3)c(Br)n2)CC1. The average Bonchev–Trinajstić information content (AvgIpc) is 3.46. The zero-order chi connectivity index (χ0) is 19.0. The minimum Gasteiger partial charge on any atom is -0.487 e. The van der Waals surface area contributed by atoms with Gasteiger partial charge < -0.3 is 9.64 Å². The Morgan fingerprint density at radius 1 is 1.26 bits per heavy atom. The molecule has 4 rings (SSSR count). The second-order valence-corrected chi connectivity index (χ2v) is 7.69. The van der Waals surface area contributed by atoms with Crippen molar-refractivity contribution in [2.24, 2.45) is 0 Å². The van der Waals surface area contributed by atoms with Crippen molar-refractivity contribution in [3.8, 4) is 11.8 Å². The molecule has 0 spiro atoms. The van der Waals surface area contributed by atoms with Crippen LogP contribution in [0.2, 0.25) is 0 Å². The molecule has 8 heteroatoms. The van der Waals surface area contributed by atoms with Gasteiger partial charge in [-0.25, -0.2) is 18.7 Å². The van der Waals surface area contributed by atoms with E-state index in [1.54, 1.807) is 6.20 Å². The minimum atomic E-state index is -0.687. The lowest BCUT2D eigenvalue weighted by Gasteiger charge is -2.33. The Bertz CT molecular complexity index is 905. The van der Waals surface area contributed by atoms with Crippen molar-refractivity contribution in [1.29, 1.82) is 5.26 Å². The van der Waals surface area contributed by atoms with Crippen LogP contribution in [0.4, 0.5) is 14.6 Å². The molecule has 2 fully saturated rings. The summed E-state index contributed by atoms with van der Waals surface area (Å²) in [6, 6.07) is 5.66. The molecule has 0 atom stereocenters. The third-order valence-electron chi connectivity index (χ3n) is 5.10. The van der Waals surface area contributed by atoms with Crippen LogP contribution in [-0.4, -0.2) is 29.2 Å². The quantitative estimate of drug-likeness (QED) is 0.723. The van der Waals surface area contributed by atoms with Crippen LogP contribution in [0.15, 0.2) is 29.0 Å². The van der Waals surface area contributed by atoms with Crippen LogP contribution in [0, 0.1) is 23.0 Å². The highest BCUT2D eigenvalue weighted by Crippen LogP contribution is 2.47. The molecule has 0 radical (unpaired) electrons. The highest BCUT2D eigenvalue weighted by molar-refractivity contribution is 9.10. The number of aromatic nitrogens is 2. The highest BCUT2D eigenvalue weighted by atomic mass is 79.9. The number of nitriles is 1. The molecule has 0 bridgehead atoms. The summed E-state index contributed by atoms with van der Waals surface area (Å²) in [5.41, 5.74) is 0.249. The molecule has 0 amide bonds. The topological polar surface area (TPSA) is 62.0 Å². The van der Waals surface area contributed by atoms with Crippen LogP contribution in [0.1, 0.15) is 31.4 Å². The van der Waals surface area contributed by atoms with Gasteiger partial charge in [-0.2, -0.15) is 5.26 Å². The maximum atomic E-state index is 13.7. The van der Waals surface area contributed by atoms with E-state index in [1.165, 1.54) is 12.1 Å². The summed E-state index contributed by atoms with van der Waals surface area (Å²) in [6.07, 6.45) is 4.58. The van der Waals surface area contributed by atoms with E-state index in [0.29, 0.717) is 36.2 Å². The van der Waals surface area contributed by atoms with Crippen LogP contribution in [-0.2, 0) is 5.41 Å². The molecule has 2 heterocycles. The van der Waals surface area contributed by atoms with Gasteiger partial charge in [0.05, 0.1) is 18.0 Å². The van der Waals surface area contributed by atoms with Gasteiger partial charge in [-0.05, 0) is 40.9 Å². The van der Waals surface area contributed by atoms with E-state index in [-0.39, 0.29) is 11.9 Å². The molecule has 140 valence electrons. The molecule has 2 aliphatic rings. The molecule has 1 aromatic heterocycles. The lowest BCUT2D eigenvalue weighted by atomic mass is 10.1. The Kier molecular flexibility index (Phi) is 4.72. The van der Waals surface area contributed by atoms with Crippen molar-refractivity contribution in [1.82, 2.24) is 9.97 Å². The zero-order valence-electron chi connectivity index (χ0n) is 14.5. The normalized spacial score (nSPS) is 18.8. The van der Waals surface area contributed by atoms with Crippen LogP contribution in [0.3, 0.4) is 0 Å². The molecule has 1 aliphatic heterocycles. The molecule has 27 heavy (non-hydrogen) atoms. The molecule has 0 unspecified atom stereocenters. The van der Waals surface area contributed by atoms with E-state index >= 15 is 0 Å². The molecule has 0 N–H and O–H groups in total. The van der Waals surface area contributed by atoms with Crippen molar-refractivity contribution < 1.29 is 13.5 Å². The average molecular weight is 435 g/mol. The monoisotopic (exact) mass is 434 g/mol. The predicted octanol–water partition coefficient (Wildman–Crippen LogP) is 4.12. The van der Waals surface area contributed by atoms with Crippen molar-refractivity contribution in [3.05, 3.63) is 46.3 Å². The van der Waals surface area contributed by atoms with E-state index < -0.39 is 17.0 Å². The van der Waals surface area contributed by atoms with Crippen molar-refractivity contribution in [2.45, 2.75) is 37.2 Å². The molecular weight excluding hydrogens is 418 g/mol. The first-order valence-corrected chi connectivity index (χ1v) is 9.61. The van der Waals surface area contributed by atoms with Gasteiger partial charge in [0.2, 0.25) is 0 Å². The summed E-state index contributed by atoms with van der Waals surface area (Å²) in [7, 11) is 0. The number of hydrogen-bond acceptors (Lipinski definition) is 5. The van der Waals surface area contributed by atoms with E-state index in [9.17, 15) is 14.0 Å².